The Morgan fingerprint density at radius 2 is 2.83 bits per heavy atom. The SMILES string of the molecule is ClC1=CN=[N+]S1. The highest BCUT2D eigenvalue weighted by Gasteiger charge is 2.10. The minimum atomic E-state index is 0.634. The Hall–Kier alpha value is -0.0200. The van der Waals surface area contributed by atoms with Crippen LogP contribution >= 0.6 is 23.5 Å². The fraction of sp³-hybridized carbons (Fsp3) is 0. The van der Waals surface area contributed by atoms with Crippen LogP contribution in [0.15, 0.2) is 15.7 Å². The third kappa shape index (κ3) is 0.725. The summed E-state index contributed by atoms with van der Waals surface area (Å²) in [5.74, 6) is 0. The maximum Gasteiger partial charge on any atom is 0.326 e. The van der Waals surface area contributed by atoms with Crippen molar-refractivity contribution in [2.24, 2.45) is 5.11 Å². The molecule has 1 heterocycles. The summed E-state index contributed by atoms with van der Waals surface area (Å²) in [7, 11) is 0. The number of rotatable bonds is 0. The summed E-state index contributed by atoms with van der Waals surface area (Å²) < 4.78 is 4.12. The first kappa shape index (κ1) is 4.15. The van der Waals surface area contributed by atoms with Crippen LogP contribution < -0.4 is 4.52 Å². The van der Waals surface area contributed by atoms with Crippen LogP contribution in [0.2, 0.25) is 0 Å². The van der Waals surface area contributed by atoms with E-state index in [2.05, 4.69) is 9.63 Å². The summed E-state index contributed by atoms with van der Waals surface area (Å²) in [6, 6.07) is 0. The molecule has 0 aromatic carbocycles. The van der Waals surface area contributed by atoms with Crippen molar-refractivity contribution in [1.29, 1.82) is 0 Å². The predicted molar refractivity (Wildman–Crippen MR) is 26.1 cm³/mol. The van der Waals surface area contributed by atoms with E-state index in [1.54, 1.807) is 0 Å². The van der Waals surface area contributed by atoms with Gasteiger partial charge in [-0.1, -0.05) is 11.6 Å². The second-order valence-corrected chi connectivity index (χ2v) is 2.14. The summed E-state index contributed by atoms with van der Waals surface area (Å²) in [4.78, 5) is 0. The average molecular weight is 121 g/mol. The minimum Gasteiger partial charge on any atom is -0.0677 e. The average Bonchev–Trinajstić information content (AvgIpc) is 1.86. The second-order valence-electron chi connectivity index (χ2n) is 0.722. The molecule has 0 spiro atoms. The van der Waals surface area contributed by atoms with Crippen LogP contribution in [0.5, 0.6) is 0 Å². The molecule has 1 radical (unpaired) electrons. The largest absolute Gasteiger partial charge is 0.326 e. The molecular formula is C2HClN2S+. The Morgan fingerprint density at radius 1 is 2.00 bits per heavy atom. The fourth-order valence-electron chi connectivity index (χ4n) is 0.155. The number of halogens is 1. The lowest BCUT2D eigenvalue weighted by Gasteiger charge is -1.56. The van der Waals surface area contributed by atoms with E-state index in [-0.39, 0.29) is 0 Å². The molecule has 0 saturated heterocycles. The van der Waals surface area contributed by atoms with Crippen molar-refractivity contribution < 1.29 is 0 Å². The molecule has 6 heavy (non-hydrogen) atoms. The van der Waals surface area contributed by atoms with Gasteiger partial charge in [-0.25, -0.2) is 0 Å². The molecule has 1 aliphatic heterocycles. The van der Waals surface area contributed by atoms with E-state index in [4.69, 9.17) is 11.6 Å². The van der Waals surface area contributed by atoms with E-state index in [0.717, 1.165) is 0 Å². The molecule has 0 atom stereocenters. The molecule has 1 rings (SSSR count). The molecule has 0 amide bonds. The summed E-state index contributed by atoms with van der Waals surface area (Å²) >= 11 is 6.53. The summed E-state index contributed by atoms with van der Waals surface area (Å²) in [6.45, 7) is 0. The molecule has 0 N–H and O–H groups in total. The Balaban J connectivity index is 2.61. The lowest BCUT2D eigenvalue weighted by molar-refractivity contribution is 1.27. The van der Waals surface area contributed by atoms with Gasteiger partial charge in [0, 0.05) is 0 Å². The Morgan fingerprint density at radius 3 is 3.00 bits per heavy atom. The van der Waals surface area contributed by atoms with E-state index in [0.29, 0.717) is 4.36 Å². The van der Waals surface area contributed by atoms with Crippen LogP contribution in [-0.4, -0.2) is 0 Å². The zero-order valence-electron chi connectivity index (χ0n) is 2.76. The van der Waals surface area contributed by atoms with Gasteiger partial charge in [-0.15, -0.1) is 0 Å². The van der Waals surface area contributed by atoms with Crippen LogP contribution in [0.4, 0.5) is 0 Å². The van der Waals surface area contributed by atoms with E-state index in [1.165, 1.54) is 18.1 Å². The van der Waals surface area contributed by atoms with E-state index >= 15 is 0 Å². The number of hydrogen-bond acceptors (Lipinski definition) is 3. The van der Waals surface area contributed by atoms with Crippen molar-refractivity contribution >= 4 is 23.5 Å². The predicted octanol–water partition coefficient (Wildman–Crippen LogP) is 1.47. The molecule has 1 aliphatic rings. The van der Waals surface area contributed by atoms with Crippen molar-refractivity contribution in [1.82, 2.24) is 4.52 Å². The van der Waals surface area contributed by atoms with Crippen molar-refractivity contribution in [3.8, 4) is 0 Å². The molecule has 31 valence electrons. The van der Waals surface area contributed by atoms with Gasteiger partial charge < -0.3 is 0 Å². The van der Waals surface area contributed by atoms with Crippen LogP contribution in [0.25, 0.3) is 0 Å². The quantitative estimate of drug-likeness (QED) is 0.445. The van der Waals surface area contributed by atoms with Gasteiger partial charge in [0.1, 0.15) is 6.20 Å². The van der Waals surface area contributed by atoms with Gasteiger partial charge in [-0.3, -0.25) is 0 Å². The lowest BCUT2D eigenvalue weighted by atomic mass is 11.1. The third-order valence-corrected chi connectivity index (χ3v) is 1.09. The zero-order valence-corrected chi connectivity index (χ0v) is 4.33. The first-order chi connectivity index (χ1) is 2.89. The first-order valence-electron chi connectivity index (χ1n) is 1.32. The highest BCUT2D eigenvalue weighted by atomic mass is 35.5. The molecule has 0 fully saturated rings. The summed E-state index contributed by atoms with van der Waals surface area (Å²) in [6.07, 6.45) is 1.51. The van der Waals surface area contributed by atoms with E-state index in [9.17, 15) is 0 Å². The Kier molecular flexibility index (Phi) is 1.12. The molecule has 0 unspecified atom stereocenters. The monoisotopic (exact) mass is 120 g/mol. The number of nitrogens with zero attached hydrogens (tertiary/aromatic N) is 2. The Bertz CT molecular complexity index is 108. The van der Waals surface area contributed by atoms with Gasteiger partial charge in [0.15, 0.2) is 4.36 Å². The molecular weight excluding hydrogens is 120 g/mol. The molecule has 0 bridgehead atoms. The lowest BCUT2D eigenvalue weighted by Crippen LogP contribution is -1.52. The summed E-state index contributed by atoms with van der Waals surface area (Å²) in [5, 5.41) is 3.46. The topological polar surface area (TPSA) is 26.5 Å². The van der Waals surface area contributed by atoms with Crippen molar-refractivity contribution in [2.75, 3.05) is 0 Å². The van der Waals surface area contributed by atoms with Crippen LogP contribution in [0.3, 0.4) is 0 Å². The highest BCUT2D eigenvalue weighted by Crippen LogP contribution is 2.19. The first-order valence-corrected chi connectivity index (χ1v) is 2.47. The van der Waals surface area contributed by atoms with Crippen molar-refractivity contribution in [3.63, 3.8) is 0 Å². The normalized spacial score (nSPS) is 18.5. The van der Waals surface area contributed by atoms with Crippen LogP contribution in [0, 0.1) is 0 Å². The molecule has 0 aromatic heterocycles. The summed E-state index contributed by atoms with van der Waals surface area (Å²) in [5.41, 5.74) is 0. The van der Waals surface area contributed by atoms with Gasteiger partial charge in [0.2, 0.25) is 0 Å². The maximum absolute atomic E-state index is 5.35. The van der Waals surface area contributed by atoms with E-state index < -0.39 is 0 Å². The van der Waals surface area contributed by atoms with E-state index in [1.807, 2.05) is 0 Å². The minimum absolute atomic E-state index is 0.634. The number of hydrogen-bond donors (Lipinski definition) is 0. The van der Waals surface area contributed by atoms with Gasteiger partial charge in [0.25, 0.3) is 4.52 Å². The molecule has 0 saturated carbocycles. The van der Waals surface area contributed by atoms with Gasteiger partial charge in [-0.05, 0) is 0 Å². The molecule has 4 heteroatoms. The highest BCUT2D eigenvalue weighted by molar-refractivity contribution is 8.02. The smallest absolute Gasteiger partial charge is 0.0677 e. The standard InChI is InChI=1S/C2HClN2S/c3-2-1-4-5-6-2/h1H/q+1. The Labute approximate surface area is 44.4 Å². The van der Waals surface area contributed by atoms with Crippen LogP contribution in [-0.2, 0) is 0 Å². The molecule has 0 aromatic rings. The molecule has 2 nitrogen and oxygen atoms in total. The third-order valence-electron chi connectivity index (χ3n) is 0.334. The molecule has 0 aliphatic carbocycles. The van der Waals surface area contributed by atoms with Crippen molar-refractivity contribution in [2.45, 2.75) is 0 Å². The fourth-order valence-corrected chi connectivity index (χ4v) is 0.558. The second kappa shape index (κ2) is 1.62. The zero-order chi connectivity index (χ0) is 4.41. The maximum atomic E-state index is 5.35. The van der Waals surface area contributed by atoms with Gasteiger partial charge >= 0.3 is 11.9 Å². The van der Waals surface area contributed by atoms with Gasteiger partial charge in [-0.2, -0.15) is 0 Å². The van der Waals surface area contributed by atoms with Crippen molar-refractivity contribution in [3.05, 3.63) is 10.6 Å². The van der Waals surface area contributed by atoms with Crippen LogP contribution in [0.1, 0.15) is 0 Å². The van der Waals surface area contributed by atoms with Gasteiger partial charge in [0.05, 0.1) is 5.11 Å².